The lowest BCUT2D eigenvalue weighted by molar-refractivity contribution is -0.385. The van der Waals surface area contributed by atoms with Gasteiger partial charge in [-0.15, -0.1) is 0 Å². The molecular formula is C18H27N3O2. The van der Waals surface area contributed by atoms with Gasteiger partial charge in [0.2, 0.25) is 0 Å². The van der Waals surface area contributed by atoms with Crippen molar-refractivity contribution in [1.29, 1.82) is 0 Å². The maximum absolute atomic E-state index is 11.1. The van der Waals surface area contributed by atoms with E-state index in [4.69, 9.17) is 0 Å². The number of nitro benzene ring substituents is 1. The fraction of sp³-hybridized carbons (Fsp3) is 0.667. The monoisotopic (exact) mass is 317 g/mol. The first-order valence-electron chi connectivity index (χ1n) is 8.82. The molecule has 2 fully saturated rings. The maximum Gasteiger partial charge on any atom is 0.273 e. The molecule has 2 aliphatic rings. The van der Waals surface area contributed by atoms with Crippen LogP contribution in [0, 0.1) is 16.0 Å². The molecule has 0 N–H and O–H groups in total. The fourth-order valence-electron chi connectivity index (χ4n) is 4.08. The summed E-state index contributed by atoms with van der Waals surface area (Å²) >= 11 is 0. The molecule has 5 heteroatoms. The molecule has 2 unspecified atom stereocenters. The molecule has 0 amide bonds. The van der Waals surface area contributed by atoms with E-state index in [2.05, 4.69) is 16.7 Å². The van der Waals surface area contributed by atoms with E-state index in [9.17, 15) is 10.1 Å². The molecule has 1 aromatic rings. The lowest BCUT2D eigenvalue weighted by Gasteiger charge is -2.42. The zero-order chi connectivity index (χ0) is 16.2. The third-order valence-electron chi connectivity index (χ3n) is 5.41. The van der Waals surface area contributed by atoms with Crippen LogP contribution in [0.25, 0.3) is 0 Å². The predicted molar refractivity (Wildman–Crippen MR) is 91.4 cm³/mol. The molecule has 1 aliphatic heterocycles. The third kappa shape index (κ3) is 4.09. The van der Waals surface area contributed by atoms with Gasteiger partial charge < -0.3 is 0 Å². The van der Waals surface area contributed by atoms with Crippen LogP contribution >= 0.6 is 0 Å². The molecule has 2 atom stereocenters. The van der Waals surface area contributed by atoms with Crippen molar-refractivity contribution < 1.29 is 4.92 Å². The van der Waals surface area contributed by atoms with Crippen molar-refractivity contribution in [2.45, 2.75) is 45.2 Å². The summed E-state index contributed by atoms with van der Waals surface area (Å²) in [6.07, 6.45) is 5.43. The van der Waals surface area contributed by atoms with Crippen LogP contribution in [0.1, 0.15) is 38.2 Å². The summed E-state index contributed by atoms with van der Waals surface area (Å²) < 4.78 is 0. The third-order valence-corrected chi connectivity index (χ3v) is 5.41. The van der Waals surface area contributed by atoms with E-state index in [-0.39, 0.29) is 10.6 Å². The minimum atomic E-state index is -0.269. The van der Waals surface area contributed by atoms with Gasteiger partial charge >= 0.3 is 0 Å². The van der Waals surface area contributed by atoms with Crippen LogP contribution in [0.3, 0.4) is 0 Å². The second-order valence-electron chi connectivity index (χ2n) is 7.12. The minimum absolute atomic E-state index is 0.246. The molecule has 23 heavy (non-hydrogen) atoms. The summed E-state index contributed by atoms with van der Waals surface area (Å²) in [6, 6.07) is 7.88. The van der Waals surface area contributed by atoms with E-state index in [1.807, 2.05) is 12.1 Å². The van der Waals surface area contributed by atoms with Gasteiger partial charge in [-0.2, -0.15) is 0 Å². The van der Waals surface area contributed by atoms with E-state index in [1.54, 1.807) is 12.1 Å². The largest absolute Gasteiger partial charge is 0.298 e. The number of hydrogen-bond acceptors (Lipinski definition) is 4. The van der Waals surface area contributed by atoms with Crippen LogP contribution in [-0.2, 0) is 6.54 Å². The van der Waals surface area contributed by atoms with Gasteiger partial charge in [0.15, 0.2) is 0 Å². The standard InChI is InChI=1S/C18H27N3O2/c1-15-5-4-7-17(13-15)20-11-9-19(10-12-20)14-16-6-2-3-8-18(16)21(22)23/h2-3,6,8,15,17H,4-5,7,9-14H2,1H3. The van der Waals surface area contributed by atoms with E-state index in [0.717, 1.165) is 43.7 Å². The van der Waals surface area contributed by atoms with Gasteiger partial charge in [-0.05, 0) is 18.8 Å². The second kappa shape index (κ2) is 7.41. The Labute approximate surface area is 138 Å². The van der Waals surface area contributed by atoms with Crippen molar-refractivity contribution in [2.75, 3.05) is 26.2 Å². The van der Waals surface area contributed by atoms with Crippen LogP contribution in [-0.4, -0.2) is 46.9 Å². The molecule has 0 bridgehead atoms. The Morgan fingerprint density at radius 3 is 2.61 bits per heavy atom. The van der Waals surface area contributed by atoms with Gasteiger partial charge in [-0.3, -0.25) is 19.9 Å². The normalized spacial score (nSPS) is 27.0. The number of para-hydroxylation sites is 1. The zero-order valence-electron chi connectivity index (χ0n) is 14.0. The zero-order valence-corrected chi connectivity index (χ0v) is 14.0. The average Bonchev–Trinajstić information content (AvgIpc) is 2.56. The molecule has 0 spiro atoms. The highest BCUT2D eigenvalue weighted by molar-refractivity contribution is 5.39. The minimum Gasteiger partial charge on any atom is -0.298 e. The first-order chi connectivity index (χ1) is 11.1. The molecule has 3 rings (SSSR count). The van der Waals surface area contributed by atoms with Crippen molar-refractivity contribution in [2.24, 2.45) is 5.92 Å². The van der Waals surface area contributed by atoms with E-state index in [1.165, 1.54) is 25.7 Å². The lowest BCUT2D eigenvalue weighted by Crippen LogP contribution is -2.50. The van der Waals surface area contributed by atoms with E-state index < -0.39 is 0 Å². The van der Waals surface area contributed by atoms with Crippen LogP contribution < -0.4 is 0 Å². The fourth-order valence-corrected chi connectivity index (χ4v) is 4.08. The van der Waals surface area contributed by atoms with Crippen LogP contribution in [0.5, 0.6) is 0 Å². The van der Waals surface area contributed by atoms with Gasteiger partial charge in [0.05, 0.1) is 4.92 Å². The van der Waals surface area contributed by atoms with Crippen LogP contribution in [0.4, 0.5) is 5.69 Å². The number of rotatable bonds is 4. The Hall–Kier alpha value is -1.46. The summed E-state index contributed by atoms with van der Waals surface area (Å²) in [5, 5.41) is 11.1. The van der Waals surface area contributed by atoms with E-state index >= 15 is 0 Å². The lowest BCUT2D eigenvalue weighted by atomic mass is 9.86. The maximum atomic E-state index is 11.1. The quantitative estimate of drug-likeness (QED) is 0.631. The second-order valence-corrected chi connectivity index (χ2v) is 7.12. The number of benzene rings is 1. The highest BCUT2D eigenvalue weighted by Gasteiger charge is 2.28. The Balaban J connectivity index is 1.54. The number of hydrogen-bond donors (Lipinski definition) is 0. The van der Waals surface area contributed by atoms with Crippen molar-refractivity contribution >= 4 is 5.69 Å². The Bertz CT molecular complexity index is 541. The molecule has 1 aromatic carbocycles. The molecule has 126 valence electrons. The Morgan fingerprint density at radius 1 is 1.17 bits per heavy atom. The summed E-state index contributed by atoms with van der Waals surface area (Å²) in [6.45, 7) is 7.27. The van der Waals surface area contributed by atoms with Gasteiger partial charge in [-0.1, -0.05) is 38.0 Å². The van der Waals surface area contributed by atoms with Crippen LogP contribution in [0.15, 0.2) is 24.3 Å². The van der Waals surface area contributed by atoms with Crippen LogP contribution in [0.2, 0.25) is 0 Å². The Morgan fingerprint density at radius 2 is 1.91 bits per heavy atom. The summed E-state index contributed by atoms with van der Waals surface area (Å²) in [7, 11) is 0. The average molecular weight is 317 g/mol. The summed E-state index contributed by atoms with van der Waals surface area (Å²) in [5.41, 5.74) is 1.08. The Kier molecular flexibility index (Phi) is 5.28. The molecular weight excluding hydrogens is 290 g/mol. The number of nitrogens with zero attached hydrogens (tertiary/aromatic N) is 3. The first-order valence-corrected chi connectivity index (χ1v) is 8.82. The predicted octanol–water partition coefficient (Wildman–Crippen LogP) is 3.29. The first kappa shape index (κ1) is 16.4. The molecule has 1 aliphatic carbocycles. The van der Waals surface area contributed by atoms with Gasteiger partial charge in [0.1, 0.15) is 0 Å². The van der Waals surface area contributed by atoms with Gasteiger partial charge in [0.25, 0.3) is 5.69 Å². The van der Waals surface area contributed by atoms with Gasteiger partial charge in [0, 0.05) is 50.4 Å². The van der Waals surface area contributed by atoms with Gasteiger partial charge in [-0.25, -0.2) is 0 Å². The molecule has 1 heterocycles. The van der Waals surface area contributed by atoms with E-state index in [0.29, 0.717) is 6.54 Å². The molecule has 1 saturated heterocycles. The van der Waals surface area contributed by atoms with Crippen molar-refractivity contribution in [3.8, 4) is 0 Å². The highest BCUT2D eigenvalue weighted by atomic mass is 16.6. The summed E-state index contributed by atoms with van der Waals surface area (Å²) in [5.74, 6) is 0.860. The van der Waals surface area contributed by atoms with Crippen molar-refractivity contribution in [1.82, 2.24) is 9.80 Å². The summed E-state index contributed by atoms with van der Waals surface area (Å²) in [4.78, 5) is 15.9. The topological polar surface area (TPSA) is 49.6 Å². The highest BCUT2D eigenvalue weighted by Crippen LogP contribution is 2.28. The van der Waals surface area contributed by atoms with Crippen molar-refractivity contribution in [3.05, 3.63) is 39.9 Å². The van der Waals surface area contributed by atoms with Crippen molar-refractivity contribution in [3.63, 3.8) is 0 Å². The number of nitro groups is 1. The molecule has 1 saturated carbocycles. The smallest absolute Gasteiger partial charge is 0.273 e. The SMILES string of the molecule is CC1CCCC(N2CCN(Cc3ccccc3[N+](=O)[O-])CC2)C1. The number of piperazine rings is 1. The molecule has 0 radical (unpaired) electrons. The molecule has 0 aromatic heterocycles. The molecule has 5 nitrogen and oxygen atoms in total.